The quantitative estimate of drug-likeness (QED) is 0.370. The minimum atomic E-state index is -4.09. The predicted molar refractivity (Wildman–Crippen MR) is 128 cm³/mol. The van der Waals surface area contributed by atoms with Gasteiger partial charge in [0.1, 0.15) is 17.3 Å². The van der Waals surface area contributed by atoms with Gasteiger partial charge in [-0.1, -0.05) is 29.8 Å². The van der Waals surface area contributed by atoms with E-state index >= 15 is 0 Å². The third-order valence-electron chi connectivity index (χ3n) is 5.22. The Balaban J connectivity index is 1.99. The largest absolute Gasteiger partial charge is 0.448 e. The summed E-state index contributed by atoms with van der Waals surface area (Å²) in [6, 6.07) is 10.4. The summed E-state index contributed by atoms with van der Waals surface area (Å²) in [6.07, 6.45) is 1.30. The first-order chi connectivity index (χ1) is 15.9. The minimum Gasteiger partial charge on any atom is -0.448 e. The summed E-state index contributed by atoms with van der Waals surface area (Å²) in [7, 11) is -2.39. The standard InChI is InChI=1S/C23H23ClFN5O3S/c1-14-20(26-13-33-14)22-28-27-21(29(22)5)16-11-17(24)18(25)12-19(16)30(23(2,3)4)34(31,32)15-9-7-6-8-10-15/h6-13H,1-5H3. The molecule has 0 radical (unpaired) electrons. The smallest absolute Gasteiger partial charge is 0.264 e. The lowest BCUT2D eigenvalue weighted by Gasteiger charge is -2.37. The highest BCUT2D eigenvalue weighted by molar-refractivity contribution is 7.93. The molecule has 4 aromatic rings. The number of rotatable bonds is 5. The van der Waals surface area contributed by atoms with E-state index in [1.807, 2.05) is 0 Å². The van der Waals surface area contributed by atoms with Crippen LogP contribution in [0.3, 0.4) is 0 Å². The Morgan fingerprint density at radius 3 is 2.32 bits per heavy atom. The summed E-state index contributed by atoms with van der Waals surface area (Å²) < 4.78 is 50.4. The SMILES string of the molecule is Cc1ocnc1-c1nnc(-c2cc(Cl)c(F)cc2N(C(C)(C)C)S(=O)(=O)c2ccccc2)n1C. The van der Waals surface area contributed by atoms with Gasteiger partial charge in [0, 0.05) is 24.2 Å². The monoisotopic (exact) mass is 503 g/mol. The predicted octanol–water partition coefficient (Wildman–Crippen LogP) is 5.23. The molecule has 0 saturated heterocycles. The summed E-state index contributed by atoms with van der Waals surface area (Å²) in [4.78, 5) is 4.25. The molecule has 0 fully saturated rings. The van der Waals surface area contributed by atoms with Gasteiger partial charge in [0.2, 0.25) is 0 Å². The van der Waals surface area contributed by atoms with E-state index in [9.17, 15) is 12.8 Å². The number of anilines is 1. The van der Waals surface area contributed by atoms with E-state index in [4.69, 9.17) is 16.0 Å². The van der Waals surface area contributed by atoms with E-state index in [0.29, 0.717) is 22.8 Å². The van der Waals surface area contributed by atoms with E-state index in [-0.39, 0.29) is 21.4 Å². The van der Waals surface area contributed by atoms with Crippen LogP contribution in [-0.2, 0) is 17.1 Å². The zero-order chi connectivity index (χ0) is 24.8. The van der Waals surface area contributed by atoms with Crippen LogP contribution in [-0.4, -0.2) is 33.7 Å². The lowest BCUT2D eigenvalue weighted by atomic mass is 10.1. The van der Waals surface area contributed by atoms with E-state index < -0.39 is 21.4 Å². The molecule has 0 aliphatic heterocycles. The van der Waals surface area contributed by atoms with Crippen molar-refractivity contribution in [2.75, 3.05) is 4.31 Å². The fourth-order valence-corrected chi connectivity index (χ4v) is 5.73. The first-order valence-electron chi connectivity index (χ1n) is 10.3. The summed E-state index contributed by atoms with van der Waals surface area (Å²) >= 11 is 6.14. The van der Waals surface area contributed by atoms with Crippen molar-refractivity contribution < 1.29 is 17.2 Å². The van der Waals surface area contributed by atoms with Gasteiger partial charge in [-0.3, -0.25) is 4.31 Å². The maximum Gasteiger partial charge on any atom is 0.264 e. The van der Waals surface area contributed by atoms with Gasteiger partial charge in [0.15, 0.2) is 18.0 Å². The van der Waals surface area contributed by atoms with Crippen LogP contribution in [0.25, 0.3) is 22.9 Å². The van der Waals surface area contributed by atoms with Crippen molar-refractivity contribution in [3.05, 3.63) is 65.5 Å². The molecule has 0 atom stereocenters. The Labute approximate surface area is 202 Å². The summed E-state index contributed by atoms with van der Waals surface area (Å²) in [5.41, 5.74) is -0.102. The van der Waals surface area contributed by atoms with Crippen molar-refractivity contribution in [2.45, 2.75) is 38.1 Å². The molecule has 0 saturated carbocycles. The Kier molecular flexibility index (Phi) is 5.99. The molecule has 2 aromatic heterocycles. The van der Waals surface area contributed by atoms with Crippen LogP contribution in [0.15, 0.2) is 58.2 Å². The Morgan fingerprint density at radius 2 is 1.74 bits per heavy atom. The van der Waals surface area contributed by atoms with Crippen molar-refractivity contribution >= 4 is 27.3 Å². The summed E-state index contributed by atoms with van der Waals surface area (Å²) in [5, 5.41) is 8.30. The van der Waals surface area contributed by atoms with E-state index in [1.54, 1.807) is 57.5 Å². The number of oxazole rings is 1. The number of sulfonamides is 1. The van der Waals surface area contributed by atoms with E-state index in [2.05, 4.69) is 15.2 Å². The molecule has 0 bridgehead atoms. The Bertz CT molecular complexity index is 1460. The highest BCUT2D eigenvalue weighted by Gasteiger charge is 2.37. The molecule has 0 N–H and O–H groups in total. The Morgan fingerprint density at radius 1 is 1.09 bits per heavy atom. The van der Waals surface area contributed by atoms with Gasteiger partial charge in [-0.15, -0.1) is 10.2 Å². The van der Waals surface area contributed by atoms with Gasteiger partial charge in [-0.2, -0.15) is 0 Å². The molecule has 0 spiro atoms. The minimum absolute atomic E-state index is 0.0723. The topological polar surface area (TPSA) is 94.1 Å². The van der Waals surface area contributed by atoms with Gasteiger partial charge in [-0.25, -0.2) is 17.8 Å². The van der Waals surface area contributed by atoms with Crippen LogP contribution < -0.4 is 4.31 Å². The normalized spacial score (nSPS) is 12.2. The third kappa shape index (κ3) is 4.07. The molecule has 0 unspecified atom stereocenters. The zero-order valence-electron chi connectivity index (χ0n) is 19.2. The van der Waals surface area contributed by atoms with Crippen molar-refractivity contribution in [2.24, 2.45) is 7.05 Å². The molecule has 34 heavy (non-hydrogen) atoms. The molecule has 0 aliphatic rings. The Hall–Kier alpha value is -3.24. The number of benzene rings is 2. The van der Waals surface area contributed by atoms with Crippen LogP contribution in [0.1, 0.15) is 26.5 Å². The molecular formula is C23H23ClFN5O3S. The average Bonchev–Trinajstić information content (AvgIpc) is 3.35. The molecule has 11 heteroatoms. The average molecular weight is 504 g/mol. The highest BCUT2D eigenvalue weighted by Crippen LogP contribution is 2.41. The first-order valence-corrected chi connectivity index (χ1v) is 12.1. The van der Waals surface area contributed by atoms with Crippen LogP contribution in [0.2, 0.25) is 5.02 Å². The number of aryl methyl sites for hydroxylation is 1. The van der Waals surface area contributed by atoms with Gasteiger partial charge in [-0.05, 0) is 45.9 Å². The van der Waals surface area contributed by atoms with Crippen molar-refractivity contribution in [3.63, 3.8) is 0 Å². The van der Waals surface area contributed by atoms with Crippen LogP contribution in [0.4, 0.5) is 10.1 Å². The molecule has 0 aliphatic carbocycles. The number of halogens is 2. The van der Waals surface area contributed by atoms with Crippen molar-refractivity contribution in [1.82, 2.24) is 19.7 Å². The second kappa shape index (κ2) is 8.52. The first kappa shape index (κ1) is 23.9. The second-order valence-corrected chi connectivity index (χ2v) is 10.9. The number of hydrogen-bond acceptors (Lipinski definition) is 6. The number of nitrogens with zero attached hydrogens (tertiary/aromatic N) is 5. The van der Waals surface area contributed by atoms with E-state index in [0.717, 1.165) is 6.07 Å². The van der Waals surface area contributed by atoms with Gasteiger partial charge >= 0.3 is 0 Å². The lowest BCUT2D eigenvalue weighted by molar-refractivity contribution is 0.527. The zero-order valence-corrected chi connectivity index (χ0v) is 20.8. The van der Waals surface area contributed by atoms with Crippen LogP contribution in [0, 0.1) is 12.7 Å². The highest BCUT2D eigenvalue weighted by atomic mass is 35.5. The molecule has 8 nitrogen and oxygen atoms in total. The fourth-order valence-electron chi connectivity index (χ4n) is 3.72. The number of aromatic nitrogens is 4. The second-order valence-electron chi connectivity index (χ2n) is 8.70. The summed E-state index contributed by atoms with van der Waals surface area (Å²) in [6.45, 7) is 6.92. The lowest BCUT2D eigenvalue weighted by Crippen LogP contribution is -2.46. The van der Waals surface area contributed by atoms with Crippen LogP contribution in [0.5, 0.6) is 0 Å². The van der Waals surface area contributed by atoms with Crippen molar-refractivity contribution in [1.29, 1.82) is 0 Å². The van der Waals surface area contributed by atoms with Crippen LogP contribution >= 0.6 is 11.6 Å². The molecule has 2 aromatic carbocycles. The maximum atomic E-state index is 14.8. The molecule has 178 valence electrons. The van der Waals surface area contributed by atoms with Gasteiger partial charge in [0.05, 0.1) is 15.6 Å². The molecule has 4 rings (SSSR count). The van der Waals surface area contributed by atoms with E-state index in [1.165, 1.54) is 28.9 Å². The van der Waals surface area contributed by atoms with Gasteiger partial charge < -0.3 is 8.98 Å². The molecule has 0 amide bonds. The fraction of sp³-hybridized carbons (Fsp3) is 0.261. The number of hydrogen-bond donors (Lipinski definition) is 0. The van der Waals surface area contributed by atoms with Gasteiger partial charge in [0.25, 0.3) is 10.0 Å². The molecule has 2 heterocycles. The summed E-state index contributed by atoms with van der Waals surface area (Å²) in [5.74, 6) is 0.475. The third-order valence-corrected chi connectivity index (χ3v) is 7.60. The maximum absolute atomic E-state index is 14.8. The molecular weight excluding hydrogens is 481 g/mol. The van der Waals surface area contributed by atoms with Crippen molar-refractivity contribution in [3.8, 4) is 22.9 Å².